The van der Waals surface area contributed by atoms with E-state index in [0.717, 1.165) is 28.0 Å². The average molecular weight is 330 g/mol. The minimum atomic E-state index is -0.254. The van der Waals surface area contributed by atoms with Gasteiger partial charge in [0.2, 0.25) is 0 Å². The number of rotatable bonds is 5. The van der Waals surface area contributed by atoms with Gasteiger partial charge in [-0.25, -0.2) is 0 Å². The van der Waals surface area contributed by atoms with Crippen LogP contribution in [0.15, 0.2) is 72.8 Å². The number of carbonyl (C=O) groups excluding carboxylic acids is 1. The first-order valence-electron chi connectivity index (χ1n) is 8.40. The second-order valence-electron chi connectivity index (χ2n) is 6.28. The Bertz CT molecular complexity index is 879. The number of hydrogen-bond donors (Lipinski definition) is 0. The van der Waals surface area contributed by atoms with Crippen molar-refractivity contribution in [3.05, 3.63) is 89.5 Å². The number of methoxy groups -OCH3 is 1. The van der Waals surface area contributed by atoms with E-state index in [-0.39, 0.29) is 11.7 Å². The molecule has 0 heterocycles. The van der Waals surface area contributed by atoms with Crippen LogP contribution in [0, 0.1) is 6.92 Å². The Balaban J connectivity index is 2.07. The van der Waals surface area contributed by atoms with E-state index in [2.05, 4.69) is 25.1 Å². The van der Waals surface area contributed by atoms with Gasteiger partial charge < -0.3 is 4.74 Å². The quantitative estimate of drug-likeness (QED) is 0.627. The summed E-state index contributed by atoms with van der Waals surface area (Å²) in [4.78, 5) is 12.4. The van der Waals surface area contributed by atoms with Crippen molar-refractivity contribution in [1.29, 1.82) is 0 Å². The molecule has 2 nitrogen and oxygen atoms in total. The summed E-state index contributed by atoms with van der Waals surface area (Å²) in [6, 6.07) is 24.3. The maximum atomic E-state index is 12.4. The molecule has 0 aliphatic heterocycles. The standard InChI is InChI=1S/C23H22O2/c1-16-11-13-18(14-12-16)23(17(2)24)20-8-6-7-19(15-20)21-9-4-5-10-22(21)25-3/h4-15,23H,1-3H3. The molecule has 3 aromatic rings. The summed E-state index contributed by atoms with van der Waals surface area (Å²) < 4.78 is 5.48. The molecule has 1 atom stereocenters. The Morgan fingerprint density at radius 2 is 1.60 bits per heavy atom. The van der Waals surface area contributed by atoms with Crippen LogP contribution in [0.2, 0.25) is 0 Å². The summed E-state index contributed by atoms with van der Waals surface area (Å²) in [5.74, 6) is 0.714. The predicted octanol–water partition coefficient (Wildman–Crippen LogP) is 5.39. The van der Waals surface area contributed by atoms with Crippen molar-refractivity contribution >= 4 is 5.78 Å². The molecule has 1 unspecified atom stereocenters. The van der Waals surface area contributed by atoms with E-state index >= 15 is 0 Å². The lowest BCUT2D eigenvalue weighted by Crippen LogP contribution is -2.10. The average Bonchev–Trinajstić information content (AvgIpc) is 2.63. The first-order valence-corrected chi connectivity index (χ1v) is 8.40. The van der Waals surface area contributed by atoms with Crippen LogP contribution in [0.4, 0.5) is 0 Å². The smallest absolute Gasteiger partial charge is 0.141 e. The maximum Gasteiger partial charge on any atom is 0.141 e. The number of para-hydroxylation sites is 1. The first kappa shape index (κ1) is 17.0. The topological polar surface area (TPSA) is 26.3 Å². The van der Waals surface area contributed by atoms with Gasteiger partial charge in [-0.3, -0.25) is 4.79 Å². The molecule has 0 aliphatic rings. The minimum absolute atomic E-state index is 0.140. The molecular weight excluding hydrogens is 308 g/mol. The summed E-state index contributed by atoms with van der Waals surface area (Å²) in [6.07, 6.45) is 0. The fourth-order valence-corrected chi connectivity index (χ4v) is 3.19. The zero-order valence-corrected chi connectivity index (χ0v) is 14.8. The highest BCUT2D eigenvalue weighted by molar-refractivity contribution is 5.87. The lowest BCUT2D eigenvalue weighted by molar-refractivity contribution is -0.117. The SMILES string of the molecule is COc1ccccc1-c1cccc(C(C(C)=O)c2ccc(C)cc2)c1. The molecule has 0 radical (unpaired) electrons. The van der Waals surface area contributed by atoms with Gasteiger partial charge in [0.1, 0.15) is 11.5 Å². The van der Waals surface area contributed by atoms with Crippen molar-refractivity contribution < 1.29 is 9.53 Å². The van der Waals surface area contributed by atoms with Gasteiger partial charge in [-0.1, -0.05) is 66.2 Å². The van der Waals surface area contributed by atoms with Gasteiger partial charge in [0.25, 0.3) is 0 Å². The fourth-order valence-electron chi connectivity index (χ4n) is 3.19. The predicted molar refractivity (Wildman–Crippen MR) is 102 cm³/mol. The van der Waals surface area contributed by atoms with E-state index in [1.165, 1.54) is 5.56 Å². The summed E-state index contributed by atoms with van der Waals surface area (Å²) in [5.41, 5.74) is 5.29. The van der Waals surface area contributed by atoms with Crippen molar-refractivity contribution in [2.75, 3.05) is 7.11 Å². The highest BCUT2D eigenvalue weighted by Gasteiger charge is 2.20. The summed E-state index contributed by atoms with van der Waals surface area (Å²) in [5, 5.41) is 0. The van der Waals surface area contributed by atoms with Crippen LogP contribution in [0.1, 0.15) is 29.5 Å². The van der Waals surface area contributed by atoms with Crippen LogP contribution in [0.5, 0.6) is 5.75 Å². The minimum Gasteiger partial charge on any atom is -0.496 e. The van der Waals surface area contributed by atoms with Crippen molar-refractivity contribution in [3.63, 3.8) is 0 Å². The number of ether oxygens (including phenoxy) is 1. The lowest BCUT2D eigenvalue weighted by atomic mass is 9.86. The lowest BCUT2D eigenvalue weighted by Gasteiger charge is -2.17. The van der Waals surface area contributed by atoms with Gasteiger partial charge in [-0.2, -0.15) is 0 Å². The molecule has 2 heteroatoms. The summed E-state index contributed by atoms with van der Waals surface area (Å²) >= 11 is 0. The fraction of sp³-hybridized carbons (Fsp3) is 0.174. The van der Waals surface area contributed by atoms with E-state index in [1.807, 2.05) is 54.6 Å². The van der Waals surface area contributed by atoms with E-state index < -0.39 is 0 Å². The molecule has 0 aromatic heterocycles. The van der Waals surface area contributed by atoms with Gasteiger partial charge >= 0.3 is 0 Å². The van der Waals surface area contributed by atoms with Crippen molar-refractivity contribution in [1.82, 2.24) is 0 Å². The van der Waals surface area contributed by atoms with E-state index in [4.69, 9.17) is 4.74 Å². The zero-order valence-electron chi connectivity index (χ0n) is 14.8. The molecule has 126 valence electrons. The first-order chi connectivity index (χ1) is 12.1. The van der Waals surface area contributed by atoms with Gasteiger partial charge in [-0.05, 0) is 42.7 Å². The Hall–Kier alpha value is -2.87. The van der Waals surface area contributed by atoms with E-state index in [9.17, 15) is 4.79 Å². The third kappa shape index (κ3) is 3.63. The number of Topliss-reactive ketones (excluding diaryl/α,β-unsaturated/α-hetero) is 1. The Kier molecular flexibility index (Phi) is 4.99. The van der Waals surface area contributed by atoms with Crippen LogP contribution in [-0.4, -0.2) is 12.9 Å². The molecule has 3 aromatic carbocycles. The van der Waals surface area contributed by atoms with Crippen molar-refractivity contribution in [3.8, 4) is 16.9 Å². The third-order valence-electron chi connectivity index (χ3n) is 4.46. The van der Waals surface area contributed by atoms with Gasteiger partial charge in [0.05, 0.1) is 13.0 Å². The summed E-state index contributed by atoms with van der Waals surface area (Å²) in [6.45, 7) is 3.70. The second-order valence-corrected chi connectivity index (χ2v) is 6.28. The molecule has 0 amide bonds. The molecule has 0 N–H and O–H groups in total. The second kappa shape index (κ2) is 7.35. The normalized spacial score (nSPS) is 11.8. The van der Waals surface area contributed by atoms with Gasteiger partial charge in [0, 0.05) is 5.56 Å². The highest BCUT2D eigenvalue weighted by atomic mass is 16.5. The molecule has 0 bridgehead atoms. The third-order valence-corrected chi connectivity index (χ3v) is 4.46. The Labute approximate surface area is 149 Å². The highest BCUT2D eigenvalue weighted by Crippen LogP contribution is 2.33. The van der Waals surface area contributed by atoms with Crippen LogP contribution < -0.4 is 4.74 Å². The number of ketones is 1. The van der Waals surface area contributed by atoms with Gasteiger partial charge in [0.15, 0.2) is 0 Å². The molecule has 3 rings (SSSR count). The molecule has 0 fully saturated rings. The van der Waals surface area contributed by atoms with Crippen molar-refractivity contribution in [2.45, 2.75) is 19.8 Å². The van der Waals surface area contributed by atoms with Crippen molar-refractivity contribution in [2.24, 2.45) is 0 Å². The number of carbonyl (C=O) groups is 1. The molecule has 0 saturated carbocycles. The number of benzene rings is 3. The molecule has 0 spiro atoms. The molecule has 0 saturated heterocycles. The van der Waals surface area contributed by atoms with Crippen LogP contribution in [0.25, 0.3) is 11.1 Å². The monoisotopic (exact) mass is 330 g/mol. The zero-order chi connectivity index (χ0) is 17.8. The number of hydrogen-bond acceptors (Lipinski definition) is 2. The van der Waals surface area contributed by atoms with E-state index in [0.29, 0.717) is 0 Å². The van der Waals surface area contributed by atoms with E-state index in [1.54, 1.807) is 14.0 Å². The largest absolute Gasteiger partial charge is 0.496 e. The Morgan fingerprint density at radius 1 is 0.880 bits per heavy atom. The van der Waals surface area contributed by atoms with Crippen LogP contribution in [-0.2, 0) is 4.79 Å². The molecular formula is C23H22O2. The molecule has 0 aliphatic carbocycles. The molecule has 25 heavy (non-hydrogen) atoms. The number of aryl methyl sites for hydroxylation is 1. The van der Waals surface area contributed by atoms with Crippen LogP contribution >= 0.6 is 0 Å². The maximum absolute atomic E-state index is 12.4. The van der Waals surface area contributed by atoms with Crippen LogP contribution in [0.3, 0.4) is 0 Å². The summed E-state index contributed by atoms with van der Waals surface area (Å²) in [7, 11) is 1.67. The Morgan fingerprint density at radius 3 is 2.28 bits per heavy atom. The van der Waals surface area contributed by atoms with Gasteiger partial charge in [-0.15, -0.1) is 0 Å².